The van der Waals surface area contributed by atoms with E-state index in [1.165, 1.54) is 0 Å². The van der Waals surface area contributed by atoms with E-state index in [0.29, 0.717) is 18.8 Å². The zero-order chi connectivity index (χ0) is 16.8. The standard InChI is InChI=1S/C20H21NO3/c1-2-18(15-9-5-3-6-10-15)20-23-13-17(14-24-20)21-19(22)16-11-7-4-8-12-16/h2-12,17,20H,13-14H2,1H3,(H,21,22)/b18-2-. The predicted octanol–water partition coefficient (Wildman–Crippen LogP) is 3.26. The van der Waals surface area contributed by atoms with Gasteiger partial charge in [0, 0.05) is 11.1 Å². The van der Waals surface area contributed by atoms with E-state index in [-0.39, 0.29) is 11.9 Å². The quantitative estimate of drug-likeness (QED) is 0.939. The third kappa shape index (κ3) is 3.91. The minimum Gasteiger partial charge on any atom is -0.346 e. The second-order valence-corrected chi connectivity index (χ2v) is 5.65. The highest BCUT2D eigenvalue weighted by Gasteiger charge is 2.26. The van der Waals surface area contributed by atoms with Crippen molar-refractivity contribution < 1.29 is 14.3 Å². The van der Waals surface area contributed by atoms with Crippen LogP contribution in [0.3, 0.4) is 0 Å². The Kier molecular flexibility index (Phi) is 5.41. The van der Waals surface area contributed by atoms with Crippen LogP contribution in [0.1, 0.15) is 22.8 Å². The molecule has 0 atom stereocenters. The topological polar surface area (TPSA) is 47.6 Å². The van der Waals surface area contributed by atoms with Gasteiger partial charge in [0.25, 0.3) is 5.91 Å². The van der Waals surface area contributed by atoms with Crippen LogP contribution < -0.4 is 5.32 Å². The molecule has 1 fully saturated rings. The lowest BCUT2D eigenvalue weighted by Crippen LogP contribution is -2.47. The zero-order valence-corrected chi connectivity index (χ0v) is 13.6. The molecule has 4 nitrogen and oxygen atoms in total. The van der Waals surface area contributed by atoms with Gasteiger partial charge in [0.2, 0.25) is 0 Å². The molecule has 0 unspecified atom stereocenters. The van der Waals surface area contributed by atoms with Gasteiger partial charge < -0.3 is 14.8 Å². The highest BCUT2D eigenvalue weighted by atomic mass is 16.7. The third-order valence-electron chi connectivity index (χ3n) is 3.94. The van der Waals surface area contributed by atoms with Crippen LogP contribution >= 0.6 is 0 Å². The fourth-order valence-corrected chi connectivity index (χ4v) is 2.69. The molecule has 1 N–H and O–H groups in total. The molecule has 1 saturated heterocycles. The second-order valence-electron chi connectivity index (χ2n) is 5.65. The van der Waals surface area contributed by atoms with Crippen molar-refractivity contribution in [2.24, 2.45) is 0 Å². The van der Waals surface area contributed by atoms with E-state index in [1.54, 1.807) is 12.1 Å². The zero-order valence-electron chi connectivity index (χ0n) is 13.6. The Morgan fingerprint density at radius 2 is 1.50 bits per heavy atom. The van der Waals surface area contributed by atoms with E-state index < -0.39 is 6.29 Å². The summed E-state index contributed by atoms with van der Waals surface area (Å²) in [6.45, 7) is 2.82. The predicted molar refractivity (Wildman–Crippen MR) is 93.5 cm³/mol. The fourth-order valence-electron chi connectivity index (χ4n) is 2.69. The summed E-state index contributed by atoms with van der Waals surface area (Å²) in [7, 11) is 0. The molecule has 1 aliphatic heterocycles. The molecule has 0 aromatic heterocycles. The van der Waals surface area contributed by atoms with Gasteiger partial charge in [-0.3, -0.25) is 4.79 Å². The van der Waals surface area contributed by atoms with Gasteiger partial charge in [-0.1, -0.05) is 54.6 Å². The van der Waals surface area contributed by atoms with Gasteiger partial charge in [-0.15, -0.1) is 0 Å². The number of benzene rings is 2. The molecule has 0 bridgehead atoms. The van der Waals surface area contributed by atoms with E-state index in [1.807, 2.05) is 61.5 Å². The Morgan fingerprint density at radius 3 is 2.04 bits per heavy atom. The van der Waals surface area contributed by atoms with Crippen molar-refractivity contribution in [1.82, 2.24) is 5.32 Å². The van der Waals surface area contributed by atoms with Crippen molar-refractivity contribution in [3.05, 3.63) is 77.9 Å². The molecule has 1 amide bonds. The summed E-state index contributed by atoms with van der Waals surface area (Å²) in [6, 6.07) is 19.0. The van der Waals surface area contributed by atoms with Gasteiger partial charge >= 0.3 is 0 Å². The van der Waals surface area contributed by atoms with Crippen molar-refractivity contribution in [3.63, 3.8) is 0 Å². The second kappa shape index (κ2) is 7.90. The molecule has 3 rings (SSSR count). The van der Waals surface area contributed by atoms with Crippen molar-refractivity contribution >= 4 is 11.5 Å². The molecule has 2 aromatic carbocycles. The Balaban J connectivity index is 1.57. The third-order valence-corrected chi connectivity index (χ3v) is 3.94. The molecular formula is C20H21NO3. The molecule has 0 aliphatic carbocycles. The van der Waals surface area contributed by atoms with Crippen molar-refractivity contribution in [2.45, 2.75) is 19.3 Å². The summed E-state index contributed by atoms with van der Waals surface area (Å²) < 4.78 is 11.7. The Morgan fingerprint density at radius 1 is 0.958 bits per heavy atom. The van der Waals surface area contributed by atoms with Crippen molar-refractivity contribution in [1.29, 1.82) is 0 Å². The van der Waals surface area contributed by atoms with Gasteiger partial charge in [-0.2, -0.15) is 0 Å². The van der Waals surface area contributed by atoms with Gasteiger partial charge in [0.05, 0.1) is 19.3 Å². The fraction of sp³-hybridized carbons (Fsp3) is 0.250. The minimum absolute atomic E-state index is 0.111. The highest BCUT2D eigenvalue weighted by molar-refractivity contribution is 5.94. The molecule has 0 saturated carbocycles. The summed E-state index contributed by atoms with van der Waals surface area (Å²) in [5.41, 5.74) is 2.72. The van der Waals surface area contributed by atoms with Crippen LogP contribution in [0.15, 0.2) is 66.7 Å². The number of rotatable bonds is 4. The maximum Gasteiger partial charge on any atom is 0.251 e. The van der Waals surface area contributed by atoms with Gasteiger partial charge in [0.1, 0.15) is 0 Å². The van der Waals surface area contributed by atoms with Crippen LogP contribution in [0.2, 0.25) is 0 Å². The molecule has 0 radical (unpaired) electrons. The van der Waals surface area contributed by atoms with Crippen LogP contribution in [0, 0.1) is 0 Å². The number of carbonyl (C=O) groups excluding carboxylic acids is 1. The molecule has 4 heteroatoms. The maximum absolute atomic E-state index is 12.2. The smallest absolute Gasteiger partial charge is 0.251 e. The number of amides is 1. The maximum atomic E-state index is 12.2. The van der Waals surface area contributed by atoms with Crippen LogP contribution in [-0.4, -0.2) is 31.5 Å². The van der Waals surface area contributed by atoms with E-state index >= 15 is 0 Å². The Bertz CT molecular complexity index is 689. The van der Waals surface area contributed by atoms with Crippen LogP contribution in [-0.2, 0) is 9.47 Å². The first-order chi connectivity index (χ1) is 11.8. The average Bonchev–Trinajstić information content (AvgIpc) is 2.65. The largest absolute Gasteiger partial charge is 0.346 e. The normalized spacial score (nSPS) is 21.3. The molecule has 1 aliphatic rings. The number of hydrogen-bond acceptors (Lipinski definition) is 3. The number of carbonyl (C=O) groups is 1. The lowest BCUT2D eigenvalue weighted by atomic mass is 10.0. The van der Waals surface area contributed by atoms with E-state index in [9.17, 15) is 4.79 Å². The first kappa shape index (κ1) is 16.4. The molecule has 124 valence electrons. The number of ether oxygens (including phenoxy) is 2. The van der Waals surface area contributed by atoms with Crippen LogP contribution in [0.4, 0.5) is 0 Å². The highest BCUT2D eigenvalue weighted by Crippen LogP contribution is 2.24. The summed E-state index contributed by atoms with van der Waals surface area (Å²) in [4.78, 5) is 12.2. The Hall–Kier alpha value is -2.43. The first-order valence-electron chi connectivity index (χ1n) is 8.08. The SMILES string of the molecule is C/C=C(/c1ccccc1)C1OCC(NC(=O)c2ccccc2)CO1. The lowest BCUT2D eigenvalue weighted by Gasteiger charge is -2.31. The van der Waals surface area contributed by atoms with Crippen molar-refractivity contribution in [2.75, 3.05) is 13.2 Å². The van der Waals surface area contributed by atoms with Crippen molar-refractivity contribution in [3.8, 4) is 0 Å². The van der Waals surface area contributed by atoms with E-state index in [4.69, 9.17) is 9.47 Å². The van der Waals surface area contributed by atoms with Gasteiger partial charge in [0.15, 0.2) is 6.29 Å². The Labute approximate surface area is 142 Å². The number of allylic oxidation sites excluding steroid dienone is 1. The molecule has 2 aromatic rings. The first-order valence-corrected chi connectivity index (χ1v) is 8.08. The van der Waals surface area contributed by atoms with E-state index in [0.717, 1.165) is 11.1 Å². The van der Waals surface area contributed by atoms with E-state index in [2.05, 4.69) is 5.32 Å². The summed E-state index contributed by atoms with van der Waals surface area (Å²) in [6.07, 6.45) is 1.60. The lowest BCUT2D eigenvalue weighted by molar-refractivity contribution is -0.155. The monoisotopic (exact) mass is 323 g/mol. The summed E-state index contributed by atoms with van der Waals surface area (Å²) in [5.74, 6) is -0.111. The molecule has 0 spiro atoms. The number of nitrogens with one attached hydrogen (secondary N) is 1. The summed E-state index contributed by atoms with van der Waals surface area (Å²) >= 11 is 0. The van der Waals surface area contributed by atoms with Gasteiger partial charge in [-0.25, -0.2) is 0 Å². The average molecular weight is 323 g/mol. The molecule has 1 heterocycles. The summed E-state index contributed by atoms with van der Waals surface area (Å²) in [5, 5.41) is 2.94. The molecule has 24 heavy (non-hydrogen) atoms. The van der Waals surface area contributed by atoms with Gasteiger partial charge in [-0.05, 0) is 24.6 Å². The van der Waals surface area contributed by atoms with Crippen LogP contribution in [0.5, 0.6) is 0 Å². The molecular weight excluding hydrogens is 302 g/mol. The minimum atomic E-state index is -0.401. The van der Waals surface area contributed by atoms with Crippen LogP contribution in [0.25, 0.3) is 5.57 Å². The number of hydrogen-bond donors (Lipinski definition) is 1.